The monoisotopic (exact) mass is 282 g/mol. The maximum Gasteiger partial charge on any atom is 0.251 e. The number of carbonyl (C=O) groups is 1. The van der Waals surface area contributed by atoms with Crippen molar-refractivity contribution in [1.82, 2.24) is 5.32 Å². The number of amides is 1. The van der Waals surface area contributed by atoms with E-state index in [1.165, 1.54) is 18.6 Å². The van der Waals surface area contributed by atoms with E-state index in [0.717, 1.165) is 12.8 Å². The lowest BCUT2D eigenvalue weighted by Gasteiger charge is -2.40. The molecule has 19 heavy (non-hydrogen) atoms. The topological polar surface area (TPSA) is 55.1 Å². The lowest BCUT2D eigenvalue weighted by Crippen LogP contribution is -2.45. The minimum absolute atomic E-state index is 0.171. The van der Waals surface area contributed by atoms with Crippen LogP contribution in [0.15, 0.2) is 12.1 Å². The summed E-state index contributed by atoms with van der Waals surface area (Å²) in [5.41, 5.74) is 6.67. The van der Waals surface area contributed by atoms with Crippen LogP contribution < -0.4 is 11.1 Å². The van der Waals surface area contributed by atoms with Gasteiger partial charge in [-0.1, -0.05) is 6.42 Å². The summed E-state index contributed by atoms with van der Waals surface area (Å²) in [4.78, 5) is 12.0. The summed E-state index contributed by atoms with van der Waals surface area (Å²) >= 11 is 1.79. The predicted octanol–water partition coefficient (Wildman–Crippen LogP) is 2.73. The van der Waals surface area contributed by atoms with E-state index in [1.807, 2.05) is 0 Å². The highest BCUT2D eigenvalue weighted by Crippen LogP contribution is 2.42. The van der Waals surface area contributed by atoms with Gasteiger partial charge >= 0.3 is 0 Å². The van der Waals surface area contributed by atoms with Crippen molar-refractivity contribution in [3.8, 4) is 0 Å². The minimum atomic E-state index is -0.437. The van der Waals surface area contributed by atoms with Gasteiger partial charge in [0, 0.05) is 28.1 Å². The molecule has 3 nitrogen and oxygen atoms in total. The number of anilines is 1. The fourth-order valence-electron chi connectivity index (χ4n) is 2.20. The fourth-order valence-corrected chi connectivity index (χ4v) is 3.11. The molecule has 104 valence electrons. The number of hydrogen-bond donors (Lipinski definition) is 2. The van der Waals surface area contributed by atoms with Crippen molar-refractivity contribution in [2.75, 3.05) is 18.5 Å². The molecule has 0 aliphatic heterocycles. The Morgan fingerprint density at radius 1 is 1.53 bits per heavy atom. The van der Waals surface area contributed by atoms with Crippen LogP contribution in [0.3, 0.4) is 0 Å². The maximum absolute atomic E-state index is 13.6. The van der Waals surface area contributed by atoms with Crippen molar-refractivity contribution < 1.29 is 9.18 Å². The largest absolute Gasteiger partial charge is 0.398 e. The van der Waals surface area contributed by atoms with Crippen LogP contribution >= 0.6 is 11.8 Å². The third-order valence-electron chi connectivity index (χ3n) is 3.92. The molecule has 0 unspecified atom stereocenters. The van der Waals surface area contributed by atoms with Gasteiger partial charge in [-0.25, -0.2) is 4.39 Å². The van der Waals surface area contributed by atoms with Gasteiger partial charge in [-0.15, -0.1) is 0 Å². The second kappa shape index (κ2) is 5.41. The molecule has 0 spiro atoms. The Labute approximate surface area is 117 Å². The Kier molecular flexibility index (Phi) is 4.04. The lowest BCUT2D eigenvalue weighted by atomic mass is 9.84. The first-order chi connectivity index (χ1) is 8.97. The highest BCUT2D eigenvalue weighted by Gasteiger charge is 2.36. The van der Waals surface area contributed by atoms with Crippen LogP contribution in [0.4, 0.5) is 10.1 Å². The van der Waals surface area contributed by atoms with Gasteiger partial charge in [-0.2, -0.15) is 11.8 Å². The van der Waals surface area contributed by atoms with Gasteiger partial charge in [-0.3, -0.25) is 4.79 Å². The molecule has 1 aliphatic rings. The first-order valence-electron chi connectivity index (χ1n) is 6.36. The molecular weight excluding hydrogens is 263 g/mol. The number of rotatable bonds is 4. The highest BCUT2D eigenvalue weighted by atomic mass is 32.2. The van der Waals surface area contributed by atoms with Crippen molar-refractivity contribution >= 4 is 23.4 Å². The fraction of sp³-hybridized carbons (Fsp3) is 0.500. The van der Waals surface area contributed by atoms with E-state index in [-0.39, 0.29) is 16.2 Å². The molecule has 1 amide bonds. The standard InChI is InChI=1S/C14H19FN2OS/c1-9-11(15)6-10(7-12(9)16)13(18)17-8-14(19-2)4-3-5-14/h6-7H,3-5,8,16H2,1-2H3,(H,17,18). The zero-order valence-corrected chi connectivity index (χ0v) is 12.1. The number of nitrogens with one attached hydrogen (secondary N) is 1. The van der Waals surface area contributed by atoms with Crippen LogP contribution in [0.2, 0.25) is 0 Å². The second-order valence-corrected chi connectivity index (χ2v) is 6.37. The Hall–Kier alpha value is -1.23. The molecule has 1 aromatic rings. The third kappa shape index (κ3) is 2.86. The number of halogens is 1. The summed E-state index contributed by atoms with van der Waals surface area (Å²) in [6, 6.07) is 2.77. The Morgan fingerprint density at radius 2 is 2.21 bits per heavy atom. The van der Waals surface area contributed by atoms with Crippen LogP contribution in [0.5, 0.6) is 0 Å². The Balaban J connectivity index is 2.04. The normalized spacial score (nSPS) is 16.8. The van der Waals surface area contributed by atoms with Crippen LogP contribution in [-0.4, -0.2) is 23.5 Å². The SMILES string of the molecule is CSC1(CNC(=O)c2cc(N)c(C)c(F)c2)CCC1. The maximum atomic E-state index is 13.6. The van der Waals surface area contributed by atoms with Crippen molar-refractivity contribution in [1.29, 1.82) is 0 Å². The van der Waals surface area contributed by atoms with Crippen LogP contribution in [0.1, 0.15) is 35.2 Å². The summed E-state index contributed by atoms with van der Waals surface area (Å²) in [6.07, 6.45) is 5.52. The molecule has 0 aromatic heterocycles. The van der Waals surface area contributed by atoms with Gasteiger partial charge in [0.25, 0.3) is 5.91 Å². The molecule has 1 aromatic carbocycles. The van der Waals surface area contributed by atoms with Crippen LogP contribution in [0, 0.1) is 12.7 Å². The zero-order valence-electron chi connectivity index (χ0n) is 11.3. The van der Waals surface area contributed by atoms with E-state index in [1.54, 1.807) is 18.7 Å². The molecule has 2 rings (SSSR count). The molecule has 1 saturated carbocycles. The average molecular weight is 282 g/mol. The Bertz CT molecular complexity index is 472. The van der Waals surface area contributed by atoms with Gasteiger partial charge in [0.05, 0.1) is 0 Å². The minimum Gasteiger partial charge on any atom is -0.398 e. The third-order valence-corrected chi connectivity index (χ3v) is 5.33. The Morgan fingerprint density at radius 3 is 2.68 bits per heavy atom. The van der Waals surface area contributed by atoms with Crippen LogP contribution in [-0.2, 0) is 0 Å². The number of nitrogen functional groups attached to an aromatic ring is 1. The molecule has 0 atom stereocenters. The second-order valence-electron chi connectivity index (χ2n) is 5.10. The van der Waals surface area contributed by atoms with Crippen molar-refractivity contribution in [2.45, 2.75) is 30.9 Å². The highest BCUT2D eigenvalue weighted by molar-refractivity contribution is 8.00. The lowest BCUT2D eigenvalue weighted by molar-refractivity contribution is 0.0943. The van der Waals surface area contributed by atoms with Gasteiger partial charge in [0.1, 0.15) is 5.82 Å². The van der Waals surface area contributed by atoms with E-state index in [9.17, 15) is 9.18 Å². The molecule has 0 saturated heterocycles. The smallest absolute Gasteiger partial charge is 0.251 e. The van der Waals surface area contributed by atoms with Gasteiger partial charge in [-0.05, 0) is 38.2 Å². The zero-order chi connectivity index (χ0) is 14.0. The summed E-state index contributed by atoms with van der Waals surface area (Å²) < 4.78 is 13.7. The van der Waals surface area contributed by atoms with E-state index in [0.29, 0.717) is 17.8 Å². The van der Waals surface area contributed by atoms with Crippen molar-refractivity contribution in [2.24, 2.45) is 0 Å². The quantitative estimate of drug-likeness (QED) is 0.835. The first-order valence-corrected chi connectivity index (χ1v) is 7.59. The number of hydrogen-bond acceptors (Lipinski definition) is 3. The van der Waals surface area contributed by atoms with Gasteiger partial charge in [0.2, 0.25) is 0 Å². The molecule has 0 radical (unpaired) electrons. The summed E-state index contributed by atoms with van der Waals surface area (Å²) in [6.45, 7) is 2.23. The predicted molar refractivity (Wildman–Crippen MR) is 78.0 cm³/mol. The number of nitrogens with two attached hydrogens (primary N) is 1. The van der Waals surface area contributed by atoms with E-state index in [4.69, 9.17) is 5.73 Å². The molecular formula is C14H19FN2OS. The molecule has 5 heteroatoms. The van der Waals surface area contributed by atoms with E-state index >= 15 is 0 Å². The van der Waals surface area contributed by atoms with E-state index < -0.39 is 5.82 Å². The van der Waals surface area contributed by atoms with Gasteiger partial charge < -0.3 is 11.1 Å². The number of carbonyl (C=O) groups excluding carboxylic acids is 1. The summed E-state index contributed by atoms with van der Waals surface area (Å²) in [7, 11) is 0. The number of thioether (sulfide) groups is 1. The number of benzene rings is 1. The first kappa shape index (κ1) is 14.2. The summed E-state index contributed by atoms with van der Waals surface area (Å²) in [5, 5.41) is 2.88. The average Bonchev–Trinajstić information content (AvgIpc) is 2.34. The van der Waals surface area contributed by atoms with Crippen molar-refractivity contribution in [3.05, 3.63) is 29.1 Å². The molecule has 3 N–H and O–H groups in total. The van der Waals surface area contributed by atoms with Gasteiger partial charge in [0.15, 0.2) is 0 Å². The molecule has 1 aliphatic carbocycles. The van der Waals surface area contributed by atoms with Crippen molar-refractivity contribution in [3.63, 3.8) is 0 Å². The van der Waals surface area contributed by atoms with E-state index in [2.05, 4.69) is 11.6 Å². The molecule has 0 bridgehead atoms. The molecule has 1 fully saturated rings. The van der Waals surface area contributed by atoms with Crippen LogP contribution in [0.25, 0.3) is 0 Å². The summed E-state index contributed by atoms with van der Waals surface area (Å²) in [5.74, 6) is -0.695. The molecule has 0 heterocycles.